The smallest absolute Gasteiger partial charge is 0.329 e. The molecule has 2 aromatic rings. The largest absolute Gasteiger partial charge is 0.481 e. The van der Waals surface area contributed by atoms with E-state index in [1.807, 2.05) is 5.32 Å². The number of aromatic amines is 1. The van der Waals surface area contributed by atoms with Gasteiger partial charge < -0.3 is 122 Å². The molecule has 3 rings (SSSR count). The van der Waals surface area contributed by atoms with E-state index in [2.05, 4.69) is 82.6 Å². The monoisotopic (exact) mass is 1640 g/mol. The van der Waals surface area contributed by atoms with Gasteiger partial charge >= 0.3 is 35.8 Å². The molecule has 116 heavy (non-hydrogen) atoms. The Morgan fingerprint density at radius 2 is 1.01 bits per heavy atom. The molecule has 0 spiro atoms. The van der Waals surface area contributed by atoms with E-state index in [1.165, 1.54) is 13.8 Å². The number of carboxylic acid groups (broad SMARTS) is 5. The van der Waals surface area contributed by atoms with E-state index in [0.717, 1.165) is 32.6 Å². The normalized spacial score (nSPS) is 21.4. The zero-order chi connectivity index (χ0) is 86.9. The molecule has 0 saturated carbocycles. The number of carboxylic acids is 5. The Balaban J connectivity index is 2.26. The lowest BCUT2D eigenvalue weighted by Gasteiger charge is -2.30. The third kappa shape index (κ3) is 36.1. The summed E-state index contributed by atoms with van der Waals surface area (Å²) in [7, 11) is 0. The minimum Gasteiger partial charge on any atom is -0.481 e. The Kier molecular flexibility index (Phi) is 43.2. The Hall–Kier alpha value is -11.9. The number of amides is 14. The maximum atomic E-state index is 14.7. The Morgan fingerprint density at radius 1 is 0.500 bits per heavy atom. The molecule has 1 saturated heterocycles. The molecule has 14 atom stereocenters. The minimum atomic E-state index is -2.34. The van der Waals surface area contributed by atoms with Crippen LogP contribution in [0.25, 0.3) is 10.9 Å². The van der Waals surface area contributed by atoms with Crippen molar-refractivity contribution in [3.63, 3.8) is 0 Å². The van der Waals surface area contributed by atoms with Crippen molar-refractivity contribution in [2.24, 2.45) is 29.0 Å². The average Bonchev–Trinajstić information content (AvgIpc) is 1.57. The lowest BCUT2D eigenvalue weighted by Crippen LogP contribution is -2.61. The van der Waals surface area contributed by atoms with Gasteiger partial charge in [0.2, 0.25) is 82.7 Å². The molecule has 1 fully saturated rings. The number of rotatable bonds is 40. The lowest BCUT2D eigenvalue weighted by atomic mass is 9.98. The van der Waals surface area contributed by atoms with Gasteiger partial charge in [-0.05, 0) is 94.8 Å². The van der Waals surface area contributed by atoms with Crippen molar-refractivity contribution < 1.29 is 126 Å². The quantitative estimate of drug-likeness (QED) is 0.0221. The molecule has 0 aliphatic carbocycles. The number of nitrogens with one attached hydrogen (secondary N) is 14. The Morgan fingerprint density at radius 3 is 1.58 bits per heavy atom. The molecule has 2 heterocycles. The van der Waals surface area contributed by atoms with Gasteiger partial charge in [-0.3, -0.25) is 91.1 Å². The number of primary amides is 1. The number of nitrogens with two attached hydrogens (primary N) is 3. The first kappa shape index (κ1) is 98.3. The van der Waals surface area contributed by atoms with Gasteiger partial charge in [-0.1, -0.05) is 84.4 Å². The number of benzene rings is 1. The van der Waals surface area contributed by atoms with Gasteiger partial charge in [-0.2, -0.15) is 0 Å². The van der Waals surface area contributed by atoms with Crippen molar-refractivity contribution in [2.45, 2.75) is 248 Å². The lowest BCUT2D eigenvalue weighted by molar-refractivity contribution is -0.157. The number of para-hydroxylation sites is 1. The zero-order valence-electron chi connectivity index (χ0n) is 65.4. The number of ether oxygens (including phenoxy) is 1. The van der Waals surface area contributed by atoms with E-state index in [-0.39, 0.29) is 64.5 Å². The summed E-state index contributed by atoms with van der Waals surface area (Å²) in [5.41, 5.74) is 18.0. The SMILES string of the molecule is CCC(C)CCCCCCC(=O)NC(Cc1c[nH]c2ccccc12)C(=O)NC(CCC(=O)O)C(=O)NC(CC(=O)O)C(=O)NC1C(=O)NCC(=O)NC(CCCN)C(=O)NC(CC(=O)O)C(=O)NC(CCCCN)C(=O)NC(CC(=O)O)C(=O)NCC(=O)NC(CC(N)=O)C(=O)NC(CCC(=O)O)C(=O)NC(C(C)CC)C(=O)OC1C. The van der Waals surface area contributed by atoms with E-state index < -0.39 is 261 Å². The molecule has 25 N–H and O–H groups in total. The topological polar surface area (TPSA) is 702 Å². The van der Waals surface area contributed by atoms with Crippen molar-refractivity contribution in [1.29, 1.82) is 0 Å². The highest BCUT2D eigenvalue weighted by Crippen LogP contribution is 2.21. The molecule has 1 aromatic heterocycles. The number of cyclic esters (lactones) is 1. The number of aromatic nitrogens is 1. The number of aliphatic carboxylic acids is 5. The van der Waals surface area contributed by atoms with Crippen molar-refractivity contribution in [3.8, 4) is 0 Å². The molecule has 1 aliphatic heterocycles. The van der Waals surface area contributed by atoms with Gasteiger partial charge in [0.15, 0.2) is 0 Å². The second kappa shape index (κ2) is 51.0. The summed E-state index contributed by atoms with van der Waals surface area (Å²) in [4.78, 5) is 275. The van der Waals surface area contributed by atoms with Gasteiger partial charge in [0, 0.05) is 42.8 Å². The van der Waals surface area contributed by atoms with Gasteiger partial charge in [0.25, 0.3) is 0 Å². The van der Waals surface area contributed by atoms with Crippen LogP contribution in [0.3, 0.4) is 0 Å². The number of carbonyl (C=O) groups is 20. The molecule has 0 bridgehead atoms. The third-order valence-electron chi connectivity index (χ3n) is 18.8. The number of H-pyrrole nitrogens is 1. The van der Waals surface area contributed by atoms with Crippen LogP contribution in [0.5, 0.6) is 0 Å². The van der Waals surface area contributed by atoms with Gasteiger partial charge in [-0.25, -0.2) is 4.79 Å². The number of fused-ring (bicyclic) bond motifs is 1. The number of hydrogen-bond donors (Lipinski definition) is 22. The van der Waals surface area contributed by atoms with E-state index >= 15 is 0 Å². The number of hydrogen-bond acceptors (Lipinski definition) is 23. The maximum Gasteiger partial charge on any atom is 0.329 e. The van der Waals surface area contributed by atoms with E-state index in [1.54, 1.807) is 30.5 Å². The van der Waals surface area contributed by atoms with Crippen LogP contribution in [0, 0.1) is 11.8 Å². The summed E-state index contributed by atoms with van der Waals surface area (Å²) < 4.78 is 5.73. The highest BCUT2D eigenvalue weighted by atomic mass is 16.5. The predicted octanol–water partition coefficient (Wildman–Crippen LogP) is -4.45. The summed E-state index contributed by atoms with van der Waals surface area (Å²) in [5.74, 6) is -28.2. The second-order valence-electron chi connectivity index (χ2n) is 28.2. The predicted molar refractivity (Wildman–Crippen MR) is 407 cm³/mol. The minimum absolute atomic E-state index is 0.00935. The molecule has 644 valence electrons. The fourth-order valence-corrected chi connectivity index (χ4v) is 11.9. The summed E-state index contributed by atoms with van der Waals surface area (Å²) >= 11 is 0. The van der Waals surface area contributed by atoms with Crippen LogP contribution < -0.4 is 86.3 Å². The zero-order valence-corrected chi connectivity index (χ0v) is 65.4. The molecule has 0 radical (unpaired) electrons. The molecule has 1 aliphatic rings. The molecule has 43 heteroatoms. The van der Waals surface area contributed by atoms with Gasteiger partial charge in [0.05, 0.1) is 38.8 Å². The fourth-order valence-electron chi connectivity index (χ4n) is 11.9. The van der Waals surface area contributed by atoms with Crippen molar-refractivity contribution in [3.05, 3.63) is 36.0 Å². The van der Waals surface area contributed by atoms with Crippen LogP contribution in [0.1, 0.15) is 175 Å². The van der Waals surface area contributed by atoms with Crippen molar-refractivity contribution in [1.82, 2.24) is 74.1 Å². The van der Waals surface area contributed by atoms with Crippen LogP contribution in [0.15, 0.2) is 30.5 Å². The van der Waals surface area contributed by atoms with Crippen LogP contribution in [0.2, 0.25) is 0 Å². The third-order valence-corrected chi connectivity index (χ3v) is 18.8. The first-order chi connectivity index (χ1) is 54.8. The van der Waals surface area contributed by atoms with Crippen LogP contribution in [0.4, 0.5) is 0 Å². The first-order valence-electron chi connectivity index (χ1n) is 38.2. The van der Waals surface area contributed by atoms with Crippen LogP contribution in [-0.4, -0.2) is 248 Å². The van der Waals surface area contributed by atoms with Gasteiger partial charge in [0.1, 0.15) is 72.6 Å². The molecule has 14 amide bonds. The summed E-state index contributed by atoms with van der Waals surface area (Å²) in [5, 5.41) is 79.2. The maximum absolute atomic E-state index is 14.7. The summed E-state index contributed by atoms with van der Waals surface area (Å²) in [6, 6.07) is -14.7. The first-order valence-corrected chi connectivity index (χ1v) is 38.2. The molecule has 14 unspecified atom stereocenters. The molecular weight excluding hydrogens is 1530 g/mol. The molecule has 1 aromatic carbocycles. The Bertz CT molecular complexity index is 3800. The average molecular weight is 1640 g/mol. The second-order valence-corrected chi connectivity index (χ2v) is 28.2. The van der Waals surface area contributed by atoms with Crippen molar-refractivity contribution >= 4 is 129 Å². The van der Waals surface area contributed by atoms with Crippen molar-refractivity contribution in [2.75, 3.05) is 26.2 Å². The summed E-state index contributed by atoms with van der Waals surface area (Å²) in [6.45, 7) is 5.59. The summed E-state index contributed by atoms with van der Waals surface area (Å²) in [6.07, 6.45) is -4.37. The highest BCUT2D eigenvalue weighted by Gasteiger charge is 2.41. The van der Waals surface area contributed by atoms with E-state index in [4.69, 9.17) is 21.9 Å². The van der Waals surface area contributed by atoms with E-state index in [0.29, 0.717) is 35.2 Å². The Labute approximate surface area is 667 Å². The van der Waals surface area contributed by atoms with Crippen LogP contribution in [-0.2, 0) is 107 Å². The van der Waals surface area contributed by atoms with Gasteiger partial charge in [-0.15, -0.1) is 0 Å². The highest BCUT2D eigenvalue weighted by molar-refractivity contribution is 6.02. The number of carbonyl (C=O) groups excluding carboxylic acids is 15. The number of unbranched alkanes of at least 4 members (excludes halogenated alkanes) is 4. The van der Waals surface area contributed by atoms with E-state index in [9.17, 15) is 121 Å². The molecular formula is C73H111N17O26. The van der Waals surface area contributed by atoms with Crippen LogP contribution >= 0.6 is 0 Å². The molecule has 43 nitrogen and oxygen atoms in total. The number of esters is 1. The standard InChI is InChI=1S/C73H111N17O26/c1-6-37(3)17-10-8-9-11-22-53(92)81-47(29-40-34-77-42-19-13-12-18-41(40)42)68(110)84-45(23-25-56(95)96)66(108)88-51(33-60(103)104)71(113)90-62-39(5)116-73(115)61(38(4)7-2)89-67(109)46(24-26-57(97)98)85-69(111)48(30-52(76)91)82-55(94)35-78-63(105)49(31-58(99)100)86-65(107)44(20-14-15-27-74)83-70(112)50(32-59(101)102)87-64(106)43(21-16-28-75)80-54(93)36-79-72(62)114/h12-13,18-19,34,37-39,43-51,61-62,77H,6-11,14-17,20-33,35-36,74-75H2,1-5H3,(H2,76,91)(H,78,105)(H,79,114)(H,80,93)(H,81,92)(H,82,94)(H,83,112)(H,84,110)(H,85,111)(H,86,107)(H,87,106)(H,88,108)(H,89,109)(H,90,113)(H,95,96)(H,97,98)(H,99,100)(H,101,102)(H,103,104). The fraction of sp³-hybridized carbons (Fsp3) is 0.616.